The number of para-hydroxylation sites is 1. The number of aromatic nitrogens is 2. The first-order valence-electron chi connectivity index (χ1n) is 7.86. The summed E-state index contributed by atoms with van der Waals surface area (Å²) in [7, 11) is 1.30. The number of hydrogen-bond donors (Lipinski definition) is 0. The molecule has 0 N–H and O–H groups in total. The summed E-state index contributed by atoms with van der Waals surface area (Å²) in [6.45, 7) is 0.152. The van der Waals surface area contributed by atoms with Crippen molar-refractivity contribution in [1.82, 2.24) is 9.55 Å². The molecule has 26 heavy (non-hydrogen) atoms. The Hall–Kier alpha value is -2.45. The summed E-state index contributed by atoms with van der Waals surface area (Å²) < 4.78 is 6.09. The maximum Gasteiger partial charge on any atom is 0.307 e. The van der Waals surface area contributed by atoms with Gasteiger partial charge in [-0.05, 0) is 23.6 Å². The van der Waals surface area contributed by atoms with Gasteiger partial charge < -0.3 is 4.74 Å². The molecular formula is C18H16N2O4S2. The SMILES string of the molecule is COC(=O)CCn1c(SCC(=O)c2cccs2)nc2ccccc2c1=O. The number of thiophene rings is 1. The largest absolute Gasteiger partial charge is 0.469 e. The van der Waals surface area contributed by atoms with Crippen LogP contribution in [0.5, 0.6) is 0 Å². The number of methoxy groups -OCH3 is 1. The zero-order valence-electron chi connectivity index (χ0n) is 14.0. The van der Waals surface area contributed by atoms with Gasteiger partial charge in [-0.1, -0.05) is 30.0 Å². The van der Waals surface area contributed by atoms with E-state index < -0.39 is 5.97 Å². The Bertz CT molecular complexity index is 996. The van der Waals surface area contributed by atoms with Gasteiger partial charge in [-0.2, -0.15) is 0 Å². The molecule has 134 valence electrons. The average Bonchev–Trinajstić information content (AvgIpc) is 3.20. The molecule has 1 aromatic carbocycles. The van der Waals surface area contributed by atoms with Crippen LogP contribution < -0.4 is 5.56 Å². The lowest BCUT2D eigenvalue weighted by molar-refractivity contribution is -0.140. The van der Waals surface area contributed by atoms with Crippen LogP contribution in [0.15, 0.2) is 51.7 Å². The van der Waals surface area contributed by atoms with Crippen molar-refractivity contribution < 1.29 is 14.3 Å². The smallest absolute Gasteiger partial charge is 0.307 e. The van der Waals surface area contributed by atoms with Gasteiger partial charge in [0, 0.05) is 6.54 Å². The van der Waals surface area contributed by atoms with Gasteiger partial charge in [-0.25, -0.2) is 4.98 Å². The lowest BCUT2D eigenvalue weighted by Crippen LogP contribution is -2.25. The molecule has 0 unspecified atom stereocenters. The fourth-order valence-electron chi connectivity index (χ4n) is 2.40. The van der Waals surface area contributed by atoms with Crippen LogP contribution in [-0.4, -0.2) is 34.2 Å². The molecule has 0 aliphatic rings. The van der Waals surface area contributed by atoms with E-state index in [1.807, 2.05) is 11.4 Å². The minimum atomic E-state index is -0.407. The van der Waals surface area contributed by atoms with E-state index in [9.17, 15) is 14.4 Å². The first-order chi connectivity index (χ1) is 12.6. The molecule has 0 radical (unpaired) electrons. The molecule has 0 bridgehead atoms. The number of carbonyl (C=O) groups is 2. The number of fused-ring (bicyclic) bond motifs is 1. The Balaban J connectivity index is 1.91. The summed E-state index contributed by atoms with van der Waals surface area (Å²) in [6, 6.07) is 10.6. The van der Waals surface area contributed by atoms with Gasteiger partial charge >= 0.3 is 5.97 Å². The molecule has 0 saturated carbocycles. The third-order valence-electron chi connectivity index (χ3n) is 3.72. The van der Waals surface area contributed by atoms with Crippen LogP contribution in [-0.2, 0) is 16.1 Å². The van der Waals surface area contributed by atoms with Crippen LogP contribution >= 0.6 is 23.1 Å². The Kier molecular flexibility index (Phi) is 5.85. The molecule has 0 spiro atoms. The standard InChI is InChI=1S/C18H16N2O4S2/c1-24-16(22)8-9-20-17(23)12-5-2-3-6-13(12)19-18(20)26-11-14(21)15-7-4-10-25-15/h2-7,10H,8-9,11H2,1H3. The minimum absolute atomic E-state index is 0.0214. The van der Waals surface area contributed by atoms with Crippen LogP contribution in [0.4, 0.5) is 0 Å². The molecule has 2 aromatic heterocycles. The summed E-state index contributed by atoms with van der Waals surface area (Å²) >= 11 is 2.58. The van der Waals surface area contributed by atoms with Gasteiger partial charge in [0.2, 0.25) is 0 Å². The number of nitrogens with zero attached hydrogens (tertiary/aromatic N) is 2. The van der Waals surface area contributed by atoms with Crippen LogP contribution in [0.2, 0.25) is 0 Å². The second kappa shape index (κ2) is 8.29. The fraction of sp³-hybridized carbons (Fsp3) is 0.222. The lowest BCUT2D eigenvalue weighted by Gasteiger charge is -2.12. The molecule has 3 aromatic rings. The van der Waals surface area contributed by atoms with E-state index >= 15 is 0 Å². The molecule has 6 nitrogen and oxygen atoms in total. The van der Waals surface area contributed by atoms with Crippen molar-refractivity contribution in [2.45, 2.75) is 18.1 Å². The maximum atomic E-state index is 12.8. The highest BCUT2D eigenvalue weighted by molar-refractivity contribution is 7.99. The number of carbonyl (C=O) groups excluding carboxylic acids is 2. The average molecular weight is 388 g/mol. The summed E-state index contributed by atoms with van der Waals surface area (Å²) in [5.74, 6) is -0.258. The highest BCUT2D eigenvalue weighted by atomic mass is 32.2. The summed E-state index contributed by atoms with van der Waals surface area (Å²) in [5.41, 5.74) is 0.337. The van der Waals surface area contributed by atoms with Crippen LogP contribution in [0.25, 0.3) is 10.9 Å². The number of rotatable bonds is 7. The second-order valence-corrected chi connectivity index (χ2v) is 7.27. The molecule has 3 rings (SSSR count). The number of ether oxygens (including phenoxy) is 1. The van der Waals surface area contributed by atoms with Gasteiger partial charge in [0.05, 0.1) is 35.1 Å². The number of esters is 1. The number of ketones is 1. The molecule has 0 aliphatic heterocycles. The number of hydrogen-bond acceptors (Lipinski definition) is 7. The molecule has 2 heterocycles. The lowest BCUT2D eigenvalue weighted by atomic mass is 10.2. The van der Waals surface area contributed by atoms with Crippen LogP contribution in [0.1, 0.15) is 16.1 Å². The first-order valence-corrected chi connectivity index (χ1v) is 9.72. The molecular weight excluding hydrogens is 372 g/mol. The molecule has 0 fully saturated rings. The maximum absolute atomic E-state index is 12.8. The van der Waals surface area contributed by atoms with Gasteiger partial charge in [-0.15, -0.1) is 11.3 Å². The molecule has 0 aliphatic carbocycles. The third-order valence-corrected chi connectivity index (χ3v) is 5.61. The third kappa shape index (κ3) is 4.03. The second-order valence-electron chi connectivity index (χ2n) is 5.38. The van der Waals surface area contributed by atoms with E-state index in [1.54, 1.807) is 30.3 Å². The van der Waals surface area contributed by atoms with E-state index in [0.29, 0.717) is 20.9 Å². The quantitative estimate of drug-likeness (QED) is 0.268. The predicted molar refractivity (Wildman–Crippen MR) is 102 cm³/mol. The Morgan fingerprint density at radius 3 is 2.77 bits per heavy atom. The molecule has 0 amide bonds. The van der Waals surface area contributed by atoms with E-state index in [-0.39, 0.29) is 30.1 Å². The van der Waals surface area contributed by atoms with Crippen molar-refractivity contribution in [3.8, 4) is 0 Å². The Morgan fingerprint density at radius 1 is 1.23 bits per heavy atom. The normalized spacial score (nSPS) is 10.8. The molecule has 0 atom stereocenters. The number of Topliss-reactive ketones (excluding diaryl/α,β-unsaturated/α-hetero) is 1. The number of benzene rings is 1. The highest BCUT2D eigenvalue weighted by Gasteiger charge is 2.15. The minimum Gasteiger partial charge on any atom is -0.469 e. The van der Waals surface area contributed by atoms with Crippen molar-refractivity contribution in [1.29, 1.82) is 0 Å². The van der Waals surface area contributed by atoms with Crippen molar-refractivity contribution in [3.05, 3.63) is 57.0 Å². The van der Waals surface area contributed by atoms with Gasteiger partial charge in [-0.3, -0.25) is 19.0 Å². The molecule has 0 saturated heterocycles. The highest BCUT2D eigenvalue weighted by Crippen LogP contribution is 2.21. The van der Waals surface area contributed by atoms with Gasteiger partial charge in [0.1, 0.15) is 0 Å². The van der Waals surface area contributed by atoms with Crippen molar-refractivity contribution in [2.75, 3.05) is 12.9 Å². The van der Waals surface area contributed by atoms with Gasteiger partial charge in [0.25, 0.3) is 5.56 Å². The summed E-state index contributed by atoms with van der Waals surface area (Å²) in [6.07, 6.45) is 0.0584. The topological polar surface area (TPSA) is 78.3 Å². The number of thioether (sulfide) groups is 1. The van der Waals surface area contributed by atoms with Crippen LogP contribution in [0, 0.1) is 0 Å². The zero-order chi connectivity index (χ0) is 18.5. The van der Waals surface area contributed by atoms with Gasteiger partial charge in [0.15, 0.2) is 10.9 Å². The summed E-state index contributed by atoms with van der Waals surface area (Å²) in [4.78, 5) is 41.7. The van der Waals surface area contributed by atoms with Crippen LogP contribution in [0.3, 0.4) is 0 Å². The monoisotopic (exact) mass is 388 g/mol. The van der Waals surface area contributed by atoms with Crippen molar-refractivity contribution in [2.24, 2.45) is 0 Å². The zero-order valence-corrected chi connectivity index (χ0v) is 15.6. The van der Waals surface area contributed by atoms with E-state index in [2.05, 4.69) is 9.72 Å². The fourth-order valence-corrected chi connectivity index (χ4v) is 4.06. The first kappa shape index (κ1) is 18.3. The van der Waals surface area contributed by atoms with Crippen molar-refractivity contribution >= 4 is 45.8 Å². The van der Waals surface area contributed by atoms with E-state index in [0.717, 1.165) is 0 Å². The Morgan fingerprint density at radius 2 is 2.04 bits per heavy atom. The van der Waals surface area contributed by atoms with E-state index in [4.69, 9.17) is 0 Å². The molecule has 8 heteroatoms. The van der Waals surface area contributed by atoms with E-state index in [1.165, 1.54) is 34.8 Å². The predicted octanol–water partition coefficient (Wildman–Crippen LogP) is 3.00. The summed E-state index contributed by atoms with van der Waals surface area (Å²) in [5, 5.41) is 2.74. The van der Waals surface area contributed by atoms with Crippen molar-refractivity contribution in [3.63, 3.8) is 0 Å². The Labute approximate surface area is 157 Å².